The van der Waals surface area contributed by atoms with Crippen LogP contribution in [0.1, 0.15) is 12.0 Å². The fraction of sp³-hybridized carbons (Fsp3) is 0.280. The third-order valence-corrected chi connectivity index (χ3v) is 5.93. The Morgan fingerprint density at radius 1 is 1.09 bits per heavy atom. The van der Waals surface area contributed by atoms with Crippen LogP contribution in [-0.4, -0.2) is 51.2 Å². The zero-order chi connectivity index (χ0) is 22.1. The summed E-state index contributed by atoms with van der Waals surface area (Å²) >= 11 is 0. The Bertz CT molecular complexity index is 1290. The Kier molecular flexibility index (Phi) is 5.29. The van der Waals surface area contributed by atoms with Gasteiger partial charge in [-0.05, 0) is 26.9 Å². The molecule has 1 aliphatic rings. The topological polar surface area (TPSA) is 59.9 Å². The van der Waals surface area contributed by atoms with Crippen LogP contribution >= 0.6 is 0 Å². The lowest BCUT2D eigenvalue weighted by Crippen LogP contribution is -2.18. The first-order valence-electron chi connectivity index (χ1n) is 10.7. The first-order valence-corrected chi connectivity index (χ1v) is 10.7. The fourth-order valence-corrected chi connectivity index (χ4v) is 4.18. The second-order valence-electron chi connectivity index (χ2n) is 8.36. The predicted molar refractivity (Wildman–Crippen MR) is 124 cm³/mol. The number of hydrogen-bond acceptors (Lipinski definition) is 5. The molecule has 7 heteroatoms. The molecule has 0 unspecified atom stereocenters. The van der Waals surface area contributed by atoms with Crippen LogP contribution in [0.4, 0.5) is 5.69 Å². The predicted octanol–water partition coefficient (Wildman–Crippen LogP) is 4.65. The number of hydrogen-bond donors (Lipinski definition) is 0. The van der Waals surface area contributed by atoms with Gasteiger partial charge in [-0.1, -0.05) is 54.1 Å². The van der Waals surface area contributed by atoms with E-state index in [9.17, 15) is 0 Å². The maximum absolute atomic E-state index is 7.25. The molecule has 160 valence electrons. The lowest BCUT2D eigenvalue weighted by atomic mass is 10.0. The van der Waals surface area contributed by atoms with E-state index in [2.05, 4.69) is 58.1 Å². The van der Waals surface area contributed by atoms with Gasteiger partial charge in [-0.2, -0.15) is 5.10 Å². The van der Waals surface area contributed by atoms with Crippen molar-refractivity contribution < 1.29 is 4.74 Å². The minimum atomic E-state index is 0.475. The van der Waals surface area contributed by atoms with Gasteiger partial charge in [0.05, 0.1) is 13.2 Å². The van der Waals surface area contributed by atoms with E-state index in [1.165, 1.54) is 11.9 Å². The third-order valence-electron chi connectivity index (χ3n) is 5.93. The summed E-state index contributed by atoms with van der Waals surface area (Å²) in [6.45, 7) is 12.0. The summed E-state index contributed by atoms with van der Waals surface area (Å²) in [4.78, 5) is 15.2. The number of aryl methyl sites for hydroxylation is 1. The SMILES string of the molecule is [C-]#[N+]c1ccc(-c2nc(OC[C@@H]3CCN(C)C3)c3ncnn3c2-c2ccc(C)cc2)cc1. The normalized spacial score (nSPS) is 16.3. The molecule has 0 saturated carbocycles. The van der Waals surface area contributed by atoms with Gasteiger partial charge < -0.3 is 9.64 Å². The van der Waals surface area contributed by atoms with Gasteiger partial charge in [-0.3, -0.25) is 0 Å². The summed E-state index contributed by atoms with van der Waals surface area (Å²) in [7, 11) is 2.14. The van der Waals surface area contributed by atoms with E-state index in [-0.39, 0.29) is 0 Å². The number of benzene rings is 2. The molecule has 5 rings (SSSR count). The van der Waals surface area contributed by atoms with Gasteiger partial charge >= 0.3 is 0 Å². The lowest BCUT2D eigenvalue weighted by Gasteiger charge is -2.16. The van der Waals surface area contributed by atoms with Crippen LogP contribution in [0.15, 0.2) is 54.9 Å². The van der Waals surface area contributed by atoms with Crippen LogP contribution in [0.3, 0.4) is 0 Å². The molecule has 32 heavy (non-hydrogen) atoms. The quantitative estimate of drug-likeness (QED) is 0.437. The monoisotopic (exact) mass is 424 g/mol. The number of rotatable bonds is 5. The van der Waals surface area contributed by atoms with Crippen LogP contribution in [0.2, 0.25) is 0 Å². The third kappa shape index (κ3) is 3.81. The summed E-state index contributed by atoms with van der Waals surface area (Å²) in [6.07, 6.45) is 2.66. The molecule has 1 saturated heterocycles. The molecule has 0 spiro atoms. The van der Waals surface area contributed by atoms with Crippen molar-refractivity contribution in [3.63, 3.8) is 0 Å². The minimum absolute atomic E-state index is 0.475. The Labute approximate surface area is 187 Å². The molecule has 1 aliphatic heterocycles. The summed E-state index contributed by atoms with van der Waals surface area (Å²) < 4.78 is 8.03. The van der Waals surface area contributed by atoms with Crippen LogP contribution in [0.5, 0.6) is 5.88 Å². The number of fused-ring (bicyclic) bond motifs is 1. The highest BCUT2D eigenvalue weighted by molar-refractivity contribution is 5.81. The van der Waals surface area contributed by atoms with E-state index < -0.39 is 0 Å². The van der Waals surface area contributed by atoms with Gasteiger partial charge in [-0.25, -0.2) is 19.3 Å². The average molecular weight is 425 g/mol. The molecule has 0 amide bonds. The van der Waals surface area contributed by atoms with Gasteiger partial charge in [0.25, 0.3) is 5.88 Å². The van der Waals surface area contributed by atoms with Crippen molar-refractivity contribution in [3.05, 3.63) is 71.8 Å². The average Bonchev–Trinajstić information content (AvgIpc) is 3.47. The second-order valence-corrected chi connectivity index (χ2v) is 8.36. The first-order chi connectivity index (χ1) is 15.6. The van der Waals surface area contributed by atoms with Crippen LogP contribution in [-0.2, 0) is 0 Å². The molecule has 2 aromatic carbocycles. The Morgan fingerprint density at radius 3 is 2.53 bits per heavy atom. The molecule has 7 nitrogen and oxygen atoms in total. The highest BCUT2D eigenvalue weighted by Gasteiger charge is 2.23. The van der Waals surface area contributed by atoms with Gasteiger partial charge in [-0.15, -0.1) is 0 Å². The van der Waals surface area contributed by atoms with E-state index in [1.54, 1.807) is 0 Å². The van der Waals surface area contributed by atoms with E-state index >= 15 is 0 Å². The van der Waals surface area contributed by atoms with Crippen molar-refractivity contribution in [2.45, 2.75) is 13.3 Å². The highest BCUT2D eigenvalue weighted by Crippen LogP contribution is 2.35. The molecule has 3 heterocycles. The van der Waals surface area contributed by atoms with Crippen molar-refractivity contribution in [2.24, 2.45) is 5.92 Å². The van der Waals surface area contributed by atoms with Crippen molar-refractivity contribution >= 4 is 11.3 Å². The van der Waals surface area contributed by atoms with Crippen LogP contribution < -0.4 is 4.74 Å². The van der Waals surface area contributed by atoms with Crippen LogP contribution in [0, 0.1) is 19.4 Å². The van der Waals surface area contributed by atoms with E-state index in [0.29, 0.717) is 29.7 Å². The zero-order valence-electron chi connectivity index (χ0n) is 18.2. The van der Waals surface area contributed by atoms with Gasteiger partial charge in [0.2, 0.25) is 5.65 Å². The fourth-order valence-electron chi connectivity index (χ4n) is 4.18. The number of likely N-dealkylation sites (tertiary alicyclic amines) is 1. The van der Waals surface area contributed by atoms with E-state index in [1.807, 2.05) is 28.8 Å². The zero-order valence-corrected chi connectivity index (χ0v) is 18.2. The Hall–Kier alpha value is -3.76. The molecule has 0 radical (unpaired) electrons. The minimum Gasteiger partial charge on any atom is -0.475 e. The van der Waals surface area contributed by atoms with Gasteiger partial charge in [0.1, 0.15) is 17.7 Å². The molecule has 0 bridgehead atoms. The standard InChI is InChI=1S/C25H24N6O/c1-17-4-6-20(7-5-17)23-22(19-8-10-21(26-2)11-9-19)29-25(24-27-16-28-31(23)24)32-15-18-12-13-30(3)14-18/h4-11,16,18H,12-15H2,1,3H3/t18-/m1/s1. The van der Waals surface area contributed by atoms with E-state index in [4.69, 9.17) is 16.3 Å². The molecule has 1 fully saturated rings. The molecule has 1 atom stereocenters. The molecular weight excluding hydrogens is 400 g/mol. The first kappa shape index (κ1) is 20.2. The smallest absolute Gasteiger partial charge is 0.260 e. The van der Waals surface area contributed by atoms with Crippen molar-refractivity contribution in [1.29, 1.82) is 0 Å². The molecular formula is C25H24N6O. The highest BCUT2D eigenvalue weighted by atomic mass is 16.5. The van der Waals surface area contributed by atoms with Crippen LogP contribution in [0.25, 0.3) is 33.0 Å². The maximum Gasteiger partial charge on any atom is 0.260 e. The lowest BCUT2D eigenvalue weighted by molar-refractivity contribution is 0.242. The van der Waals surface area contributed by atoms with Crippen molar-refractivity contribution in [3.8, 4) is 28.4 Å². The number of aromatic nitrogens is 4. The largest absolute Gasteiger partial charge is 0.475 e. The Balaban J connectivity index is 1.64. The second kappa shape index (κ2) is 8.40. The molecule has 2 aromatic heterocycles. The number of nitrogens with zero attached hydrogens (tertiary/aromatic N) is 6. The molecule has 4 aromatic rings. The van der Waals surface area contributed by atoms with Gasteiger partial charge in [0.15, 0.2) is 5.69 Å². The maximum atomic E-state index is 7.25. The van der Waals surface area contributed by atoms with Crippen molar-refractivity contribution in [1.82, 2.24) is 24.5 Å². The Morgan fingerprint density at radius 2 is 1.84 bits per heavy atom. The van der Waals surface area contributed by atoms with E-state index in [0.717, 1.165) is 42.0 Å². The summed E-state index contributed by atoms with van der Waals surface area (Å²) in [5, 5.41) is 4.52. The summed E-state index contributed by atoms with van der Waals surface area (Å²) in [5.74, 6) is 0.958. The van der Waals surface area contributed by atoms with Gasteiger partial charge in [0, 0.05) is 23.6 Å². The summed E-state index contributed by atoms with van der Waals surface area (Å²) in [6, 6.07) is 15.7. The van der Waals surface area contributed by atoms with Crippen molar-refractivity contribution in [2.75, 3.05) is 26.7 Å². The summed E-state index contributed by atoms with van der Waals surface area (Å²) in [5.41, 5.74) is 5.87. The molecule has 0 N–H and O–H groups in total. The molecule has 0 aliphatic carbocycles. The number of ether oxygens (including phenoxy) is 1.